The van der Waals surface area contributed by atoms with E-state index in [1.165, 1.54) is 12.3 Å². The third-order valence-electron chi connectivity index (χ3n) is 5.71. The van der Waals surface area contributed by atoms with Crippen LogP contribution >= 0.6 is 0 Å². The van der Waals surface area contributed by atoms with Crippen LogP contribution in [0.4, 0.5) is 38.4 Å². The SMILES string of the molecule is CC(C)[C@H]1CN(c2cc(C(F)(F)F)cc(-c3ccnc4c3[C@H](C(F)F)OC(=O)N4)n2)CCN1. The maximum absolute atomic E-state index is 13.8. The molecule has 1 saturated heterocycles. The summed E-state index contributed by atoms with van der Waals surface area (Å²) in [7, 11) is 0. The van der Waals surface area contributed by atoms with Gasteiger partial charge in [-0.1, -0.05) is 13.8 Å². The number of halogens is 5. The fourth-order valence-electron chi connectivity index (χ4n) is 3.97. The normalized spacial score (nSPS) is 21.1. The zero-order chi connectivity index (χ0) is 23.9. The number of rotatable bonds is 4. The number of ether oxygens (including phenoxy) is 1. The van der Waals surface area contributed by atoms with Crippen LogP contribution in [0.3, 0.4) is 0 Å². The van der Waals surface area contributed by atoms with Crippen molar-refractivity contribution in [1.29, 1.82) is 0 Å². The van der Waals surface area contributed by atoms with Crippen LogP contribution in [-0.2, 0) is 10.9 Å². The highest BCUT2D eigenvalue weighted by Crippen LogP contribution is 2.42. The van der Waals surface area contributed by atoms with Crippen LogP contribution in [0.25, 0.3) is 11.3 Å². The van der Waals surface area contributed by atoms with Crippen LogP contribution in [-0.4, -0.2) is 48.2 Å². The second-order valence-electron chi connectivity index (χ2n) is 8.25. The standard InChI is InChI=1S/C21H22F5N5O2/c1-10(2)14-9-31(6-5-27-14)15-8-11(21(24,25)26)7-13(29-15)12-3-4-28-19-16(12)17(18(22)23)33-20(32)30-19/h3-4,7-8,10,14,17-18,27H,5-6,9H2,1-2H3,(H,28,30,32)/t14-,17-/m1/s1. The first-order valence-electron chi connectivity index (χ1n) is 10.4. The zero-order valence-corrected chi connectivity index (χ0v) is 17.8. The maximum Gasteiger partial charge on any atom is 0.416 e. The summed E-state index contributed by atoms with van der Waals surface area (Å²) in [6, 6.07) is 3.11. The van der Waals surface area contributed by atoms with Crippen LogP contribution in [0.15, 0.2) is 24.4 Å². The van der Waals surface area contributed by atoms with Gasteiger partial charge >= 0.3 is 12.3 Å². The molecule has 33 heavy (non-hydrogen) atoms. The van der Waals surface area contributed by atoms with Crippen molar-refractivity contribution in [3.63, 3.8) is 0 Å². The van der Waals surface area contributed by atoms with Gasteiger partial charge in [-0.3, -0.25) is 5.32 Å². The van der Waals surface area contributed by atoms with Crippen LogP contribution in [0.5, 0.6) is 0 Å². The van der Waals surface area contributed by atoms with Gasteiger partial charge in [0, 0.05) is 37.4 Å². The van der Waals surface area contributed by atoms with Crippen molar-refractivity contribution in [2.24, 2.45) is 5.92 Å². The number of hydrogen-bond donors (Lipinski definition) is 2. The van der Waals surface area contributed by atoms with E-state index in [2.05, 4.69) is 20.6 Å². The lowest BCUT2D eigenvalue weighted by molar-refractivity contribution is -0.137. The number of anilines is 2. The van der Waals surface area contributed by atoms with Crippen molar-refractivity contribution in [2.75, 3.05) is 29.9 Å². The molecule has 0 aliphatic carbocycles. The number of piperazine rings is 1. The molecule has 2 N–H and O–H groups in total. The molecule has 7 nitrogen and oxygen atoms in total. The number of amides is 1. The number of cyclic esters (lactones) is 1. The van der Waals surface area contributed by atoms with Crippen LogP contribution < -0.4 is 15.5 Å². The Bertz CT molecular complexity index is 1050. The Balaban J connectivity index is 1.85. The van der Waals surface area contributed by atoms with Gasteiger partial charge in [0.15, 0.2) is 6.10 Å². The highest BCUT2D eigenvalue weighted by molar-refractivity contribution is 5.89. The second kappa shape index (κ2) is 8.73. The number of pyridine rings is 2. The van der Waals surface area contributed by atoms with E-state index in [9.17, 15) is 26.7 Å². The molecule has 1 amide bonds. The van der Waals surface area contributed by atoms with Gasteiger partial charge in [-0.25, -0.2) is 23.5 Å². The first-order chi connectivity index (χ1) is 15.5. The molecular formula is C21H22F5N5O2. The highest BCUT2D eigenvalue weighted by atomic mass is 19.4. The summed E-state index contributed by atoms with van der Waals surface area (Å²) in [6.45, 7) is 5.46. The quantitative estimate of drug-likeness (QED) is 0.641. The number of nitrogens with one attached hydrogen (secondary N) is 2. The minimum absolute atomic E-state index is 0.0202. The third kappa shape index (κ3) is 4.70. The van der Waals surface area contributed by atoms with E-state index in [1.54, 1.807) is 4.90 Å². The van der Waals surface area contributed by atoms with Crippen LogP contribution in [0.2, 0.25) is 0 Å². The fraction of sp³-hybridized carbons (Fsp3) is 0.476. The van der Waals surface area contributed by atoms with Gasteiger partial charge in [-0.2, -0.15) is 13.2 Å². The van der Waals surface area contributed by atoms with Gasteiger partial charge in [-0.15, -0.1) is 0 Å². The van der Waals surface area contributed by atoms with Crippen molar-refractivity contribution >= 4 is 17.7 Å². The Morgan fingerprint density at radius 2 is 2.00 bits per heavy atom. The van der Waals surface area contributed by atoms with Crippen molar-refractivity contribution in [1.82, 2.24) is 15.3 Å². The van der Waals surface area contributed by atoms with E-state index in [0.29, 0.717) is 19.6 Å². The lowest BCUT2D eigenvalue weighted by Crippen LogP contribution is -2.53. The monoisotopic (exact) mass is 471 g/mol. The number of nitrogens with zero attached hydrogens (tertiary/aromatic N) is 3. The molecule has 2 aromatic heterocycles. The first-order valence-corrected chi connectivity index (χ1v) is 10.4. The minimum Gasteiger partial charge on any atom is -0.435 e. The largest absolute Gasteiger partial charge is 0.435 e. The summed E-state index contributed by atoms with van der Waals surface area (Å²) in [5.41, 5.74) is -1.36. The number of alkyl halides is 5. The Morgan fingerprint density at radius 3 is 2.67 bits per heavy atom. The Morgan fingerprint density at radius 1 is 1.24 bits per heavy atom. The van der Waals surface area contributed by atoms with Gasteiger partial charge in [0.1, 0.15) is 11.6 Å². The molecule has 4 heterocycles. The van der Waals surface area contributed by atoms with Gasteiger partial charge in [-0.05, 0) is 24.1 Å². The molecule has 2 aromatic rings. The van der Waals surface area contributed by atoms with E-state index in [4.69, 9.17) is 4.74 Å². The minimum atomic E-state index is -4.68. The summed E-state index contributed by atoms with van der Waals surface area (Å²) in [6.07, 6.45) is -9.68. The number of carbonyl (C=O) groups excluding carboxylic acids is 1. The van der Waals surface area contributed by atoms with E-state index >= 15 is 0 Å². The fourth-order valence-corrected chi connectivity index (χ4v) is 3.97. The average Bonchev–Trinajstić information content (AvgIpc) is 2.77. The van der Waals surface area contributed by atoms with Crippen molar-refractivity contribution in [3.8, 4) is 11.3 Å². The van der Waals surface area contributed by atoms with Crippen LogP contribution in [0.1, 0.15) is 31.1 Å². The predicted molar refractivity (Wildman–Crippen MR) is 110 cm³/mol. The molecule has 1 fully saturated rings. The number of aromatic nitrogens is 2. The van der Waals surface area contributed by atoms with Gasteiger partial charge in [0.25, 0.3) is 6.43 Å². The van der Waals surface area contributed by atoms with Crippen molar-refractivity contribution in [2.45, 2.75) is 38.6 Å². The summed E-state index contributed by atoms with van der Waals surface area (Å²) in [5, 5.41) is 5.55. The lowest BCUT2D eigenvalue weighted by Gasteiger charge is -2.37. The molecule has 0 spiro atoms. The summed E-state index contributed by atoms with van der Waals surface area (Å²) in [4.78, 5) is 21.7. The molecule has 0 unspecified atom stereocenters. The molecule has 2 aliphatic rings. The Hall–Kier alpha value is -3.02. The van der Waals surface area contributed by atoms with E-state index in [-0.39, 0.29) is 40.4 Å². The molecule has 2 atom stereocenters. The van der Waals surface area contributed by atoms with Crippen molar-refractivity contribution in [3.05, 3.63) is 35.5 Å². The van der Waals surface area contributed by atoms with Crippen LogP contribution in [0, 0.1) is 5.92 Å². The number of carbonyl (C=O) groups is 1. The topological polar surface area (TPSA) is 79.4 Å². The molecule has 0 radical (unpaired) electrons. The Labute approximate surface area is 186 Å². The molecule has 178 valence electrons. The average molecular weight is 471 g/mol. The number of fused-ring (bicyclic) bond motifs is 1. The summed E-state index contributed by atoms with van der Waals surface area (Å²) in [5.74, 6) is 0.140. The second-order valence-corrected chi connectivity index (χ2v) is 8.25. The molecule has 0 saturated carbocycles. The van der Waals surface area contributed by atoms with E-state index in [0.717, 1.165) is 12.1 Å². The molecule has 0 aromatic carbocycles. The predicted octanol–water partition coefficient (Wildman–Crippen LogP) is 4.46. The molecule has 4 rings (SSSR count). The van der Waals surface area contributed by atoms with Gasteiger partial charge in [0.05, 0.1) is 16.8 Å². The van der Waals surface area contributed by atoms with Gasteiger partial charge in [0.2, 0.25) is 0 Å². The third-order valence-corrected chi connectivity index (χ3v) is 5.71. The number of hydrogen-bond acceptors (Lipinski definition) is 6. The summed E-state index contributed by atoms with van der Waals surface area (Å²) >= 11 is 0. The zero-order valence-electron chi connectivity index (χ0n) is 17.8. The molecule has 2 aliphatic heterocycles. The van der Waals surface area contributed by atoms with E-state index in [1.807, 2.05) is 13.8 Å². The van der Waals surface area contributed by atoms with E-state index < -0.39 is 30.4 Å². The lowest BCUT2D eigenvalue weighted by atomic mass is 9.98. The molecule has 0 bridgehead atoms. The molecular weight excluding hydrogens is 449 g/mol. The van der Waals surface area contributed by atoms with Gasteiger partial charge < -0.3 is 15.0 Å². The first kappa shape index (κ1) is 23.1. The smallest absolute Gasteiger partial charge is 0.416 e. The molecule has 12 heteroatoms. The highest BCUT2D eigenvalue weighted by Gasteiger charge is 2.38. The maximum atomic E-state index is 13.8. The van der Waals surface area contributed by atoms with Crippen molar-refractivity contribution < 1.29 is 31.5 Å². The summed E-state index contributed by atoms with van der Waals surface area (Å²) < 4.78 is 73.3. The Kier molecular flexibility index (Phi) is 6.12.